The zero-order valence-corrected chi connectivity index (χ0v) is 21.2. The van der Waals surface area contributed by atoms with Gasteiger partial charge < -0.3 is 9.47 Å². The van der Waals surface area contributed by atoms with Gasteiger partial charge in [-0.25, -0.2) is 4.79 Å². The molecule has 0 spiro atoms. The lowest BCUT2D eigenvalue weighted by atomic mass is 10.1. The Morgan fingerprint density at radius 1 is 0.758 bits per heavy atom. The Morgan fingerprint density at radius 2 is 1.27 bits per heavy atom. The van der Waals surface area contributed by atoms with Crippen molar-refractivity contribution in [1.82, 2.24) is 0 Å². The third-order valence-electron chi connectivity index (χ3n) is 5.02. The maximum Gasteiger partial charge on any atom is 0.344 e. The lowest BCUT2D eigenvalue weighted by Crippen LogP contribution is -2.17. The van der Waals surface area contributed by atoms with E-state index in [-0.39, 0.29) is 23.6 Å². The van der Waals surface area contributed by atoms with Crippen LogP contribution in [-0.2, 0) is 20.4 Å². The van der Waals surface area contributed by atoms with E-state index < -0.39 is 5.97 Å². The maximum atomic E-state index is 12.3. The van der Waals surface area contributed by atoms with Gasteiger partial charge in [-0.05, 0) is 95.7 Å². The summed E-state index contributed by atoms with van der Waals surface area (Å²) < 4.78 is 12.4. The summed E-state index contributed by atoms with van der Waals surface area (Å²) in [5.41, 5.74) is 0.960. The minimum Gasteiger partial charge on any atom is -0.482 e. The topological polar surface area (TPSA) is 35.5 Å². The standard InChI is InChI=1S/C28H24IO3S/c1-21(22-12-14-23(29)15-13-22)32-28(30)20-31-24-16-18-27(19-17-24)33(25-8-4-2-5-9-25)26-10-6-3-7-11-26/h2-19,21H,20H2,1H3/q+1. The second-order valence-corrected chi connectivity index (χ2v) is 10.6. The summed E-state index contributed by atoms with van der Waals surface area (Å²) in [7, 11) is -0.214. The average Bonchev–Trinajstić information content (AvgIpc) is 2.85. The Morgan fingerprint density at radius 3 is 1.82 bits per heavy atom. The van der Waals surface area contributed by atoms with Crippen LogP contribution < -0.4 is 4.74 Å². The SMILES string of the molecule is CC(OC(=O)COc1ccc([S+](c2ccccc2)c2ccccc2)cc1)c1ccc(I)cc1. The van der Waals surface area contributed by atoms with Gasteiger partial charge in [0.15, 0.2) is 21.3 Å². The van der Waals surface area contributed by atoms with Crippen molar-refractivity contribution < 1.29 is 14.3 Å². The van der Waals surface area contributed by atoms with Crippen LogP contribution in [-0.4, -0.2) is 12.6 Å². The van der Waals surface area contributed by atoms with Crippen LogP contribution in [0.1, 0.15) is 18.6 Å². The van der Waals surface area contributed by atoms with Crippen molar-refractivity contribution in [3.63, 3.8) is 0 Å². The van der Waals surface area contributed by atoms with Crippen molar-refractivity contribution in [2.45, 2.75) is 27.7 Å². The van der Waals surface area contributed by atoms with E-state index in [1.54, 1.807) is 0 Å². The number of rotatable bonds is 8. The molecule has 1 atom stereocenters. The fraction of sp³-hybridized carbons (Fsp3) is 0.107. The molecule has 4 aromatic rings. The minimum absolute atomic E-state index is 0.128. The Balaban J connectivity index is 1.41. The van der Waals surface area contributed by atoms with Crippen LogP contribution in [0.2, 0.25) is 0 Å². The largest absolute Gasteiger partial charge is 0.482 e. The van der Waals surface area contributed by atoms with Crippen LogP contribution in [0.4, 0.5) is 0 Å². The molecule has 0 saturated carbocycles. The summed E-state index contributed by atoms with van der Waals surface area (Å²) in [6.07, 6.45) is -0.320. The third kappa shape index (κ3) is 6.39. The van der Waals surface area contributed by atoms with Crippen LogP contribution in [0.5, 0.6) is 5.75 Å². The van der Waals surface area contributed by atoms with Crippen LogP contribution in [0.15, 0.2) is 124 Å². The zero-order valence-electron chi connectivity index (χ0n) is 18.2. The van der Waals surface area contributed by atoms with Crippen molar-refractivity contribution in [2.75, 3.05) is 6.61 Å². The number of carbonyl (C=O) groups excluding carboxylic acids is 1. The molecule has 0 radical (unpaired) electrons. The third-order valence-corrected chi connectivity index (χ3v) is 7.97. The molecule has 0 N–H and O–H groups in total. The summed E-state index contributed by atoms with van der Waals surface area (Å²) in [5.74, 6) is 0.251. The molecule has 0 aliphatic carbocycles. The molecule has 1 unspecified atom stereocenters. The minimum atomic E-state index is -0.390. The molecule has 0 fully saturated rings. The number of hydrogen-bond donors (Lipinski definition) is 0. The lowest BCUT2D eigenvalue weighted by molar-refractivity contribution is -0.151. The molecule has 0 saturated heterocycles. The summed E-state index contributed by atoms with van der Waals surface area (Å²) >= 11 is 2.25. The zero-order chi connectivity index (χ0) is 23.0. The van der Waals surface area contributed by atoms with Crippen molar-refractivity contribution in [2.24, 2.45) is 0 Å². The summed E-state index contributed by atoms with van der Waals surface area (Å²) in [6, 6.07) is 36.9. The fourth-order valence-corrected chi connectivity index (χ4v) is 5.81. The molecule has 0 bridgehead atoms. The highest BCUT2D eigenvalue weighted by Crippen LogP contribution is 2.32. The molecule has 0 heterocycles. The number of ether oxygens (including phenoxy) is 2. The first-order valence-electron chi connectivity index (χ1n) is 10.6. The molecular weight excluding hydrogens is 543 g/mol. The maximum absolute atomic E-state index is 12.3. The molecule has 4 aromatic carbocycles. The van der Waals surface area contributed by atoms with Gasteiger partial charge in [0.25, 0.3) is 0 Å². The van der Waals surface area contributed by atoms with Gasteiger partial charge in [0.05, 0.1) is 10.9 Å². The molecule has 0 aliphatic heterocycles. The Labute approximate surface area is 211 Å². The van der Waals surface area contributed by atoms with Crippen LogP contribution in [0, 0.1) is 3.57 Å². The Kier molecular flexibility index (Phi) is 8.07. The summed E-state index contributed by atoms with van der Waals surface area (Å²) in [4.78, 5) is 16.0. The van der Waals surface area contributed by atoms with E-state index in [0.29, 0.717) is 5.75 Å². The van der Waals surface area contributed by atoms with Gasteiger partial charge >= 0.3 is 5.97 Å². The molecular formula is C28H24IO3S+. The first kappa shape index (κ1) is 23.4. The van der Waals surface area contributed by atoms with E-state index in [1.807, 2.05) is 55.5 Å². The molecule has 0 aliphatic rings. The number of carbonyl (C=O) groups is 1. The smallest absolute Gasteiger partial charge is 0.344 e. The highest BCUT2D eigenvalue weighted by atomic mass is 127. The first-order chi connectivity index (χ1) is 16.1. The van der Waals surface area contributed by atoms with Gasteiger partial charge in [-0.15, -0.1) is 0 Å². The van der Waals surface area contributed by atoms with E-state index in [0.717, 1.165) is 9.13 Å². The predicted octanol–water partition coefficient (Wildman–Crippen LogP) is 7.07. The van der Waals surface area contributed by atoms with E-state index in [2.05, 4.69) is 83.3 Å². The van der Waals surface area contributed by atoms with Gasteiger partial charge in [0, 0.05) is 3.57 Å². The molecule has 0 amide bonds. The highest BCUT2D eigenvalue weighted by molar-refractivity contribution is 14.1. The van der Waals surface area contributed by atoms with Crippen LogP contribution in [0.25, 0.3) is 0 Å². The monoisotopic (exact) mass is 567 g/mol. The van der Waals surface area contributed by atoms with Crippen molar-refractivity contribution in [1.29, 1.82) is 0 Å². The van der Waals surface area contributed by atoms with E-state index >= 15 is 0 Å². The second kappa shape index (κ2) is 11.4. The highest BCUT2D eigenvalue weighted by Gasteiger charge is 2.28. The molecule has 33 heavy (non-hydrogen) atoms. The summed E-state index contributed by atoms with van der Waals surface area (Å²) in [6.45, 7) is 1.74. The van der Waals surface area contributed by atoms with Crippen molar-refractivity contribution in [3.05, 3.63) is 118 Å². The molecule has 4 rings (SSSR count). The average molecular weight is 567 g/mol. The van der Waals surface area contributed by atoms with Gasteiger partial charge in [-0.3, -0.25) is 0 Å². The van der Waals surface area contributed by atoms with Crippen LogP contribution in [0.3, 0.4) is 0 Å². The van der Waals surface area contributed by atoms with Crippen molar-refractivity contribution in [3.8, 4) is 5.75 Å². The van der Waals surface area contributed by atoms with E-state index in [4.69, 9.17) is 9.47 Å². The number of benzene rings is 4. The molecule has 3 nitrogen and oxygen atoms in total. The first-order valence-corrected chi connectivity index (χ1v) is 12.9. The van der Waals surface area contributed by atoms with Gasteiger partial charge in [0.2, 0.25) is 0 Å². The normalized spacial score (nSPS) is 11.7. The summed E-state index contributed by atoms with van der Waals surface area (Å²) in [5, 5.41) is 0. The number of hydrogen-bond acceptors (Lipinski definition) is 3. The van der Waals surface area contributed by atoms with Crippen molar-refractivity contribution >= 4 is 39.5 Å². The van der Waals surface area contributed by atoms with Gasteiger partial charge in [0.1, 0.15) is 11.9 Å². The fourth-order valence-electron chi connectivity index (χ4n) is 3.37. The quantitative estimate of drug-likeness (QED) is 0.130. The van der Waals surface area contributed by atoms with E-state index in [9.17, 15) is 4.79 Å². The molecule has 166 valence electrons. The molecule has 5 heteroatoms. The molecule has 0 aromatic heterocycles. The van der Waals surface area contributed by atoms with Gasteiger partial charge in [-0.1, -0.05) is 48.5 Å². The van der Waals surface area contributed by atoms with E-state index in [1.165, 1.54) is 14.7 Å². The van der Waals surface area contributed by atoms with Crippen LogP contribution >= 0.6 is 22.6 Å². The van der Waals surface area contributed by atoms with Gasteiger partial charge in [-0.2, -0.15) is 0 Å². The lowest BCUT2D eigenvalue weighted by Gasteiger charge is -2.14. The second-order valence-electron chi connectivity index (χ2n) is 7.38. The Hall–Kier alpha value is -2.77. The number of esters is 1. The Bertz CT molecular complexity index is 1120. The number of halogens is 1. The predicted molar refractivity (Wildman–Crippen MR) is 141 cm³/mol.